The van der Waals surface area contributed by atoms with Gasteiger partial charge in [0.1, 0.15) is 5.76 Å². The van der Waals surface area contributed by atoms with E-state index in [1.807, 2.05) is 13.8 Å². The molecule has 0 aromatic carbocycles. The highest BCUT2D eigenvalue weighted by molar-refractivity contribution is 7.99. The normalized spacial score (nSPS) is 17.4. The molecule has 1 heterocycles. The minimum absolute atomic E-state index is 0.00716. The number of thioether (sulfide) groups is 1. The summed E-state index contributed by atoms with van der Waals surface area (Å²) in [6.07, 6.45) is 2.27. The van der Waals surface area contributed by atoms with E-state index < -0.39 is 5.97 Å². The standard InChI is InChI=1S/C11H15NO3S/c1-7-8(2)15-10(12-7)16-6-11(3-4-11)5-9(13)14/h3-6H2,1-2H3,(H,13,14). The zero-order valence-electron chi connectivity index (χ0n) is 9.45. The van der Waals surface area contributed by atoms with E-state index in [1.165, 1.54) is 11.8 Å². The number of carboxylic acids is 1. The minimum atomic E-state index is -0.710. The first-order valence-corrected chi connectivity index (χ1v) is 6.28. The largest absolute Gasteiger partial charge is 0.481 e. The van der Waals surface area contributed by atoms with E-state index in [-0.39, 0.29) is 11.8 Å². The third-order valence-electron chi connectivity index (χ3n) is 2.99. The Kier molecular flexibility index (Phi) is 2.97. The molecule has 1 fully saturated rings. The molecule has 1 N–H and O–H groups in total. The lowest BCUT2D eigenvalue weighted by Crippen LogP contribution is -2.10. The Balaban J connectivity index is 1.90. The summed E-state index contributed by atoms with van der Waals surface area (Å²) in [5.74, 6) is 0.919. The molecule has 0 aliphatic heterocycles. The van der Waals surface area contributed by atoms with Gasteiger partial charge in [0, 0.05) is 5.75 Å². The number of rotatable bonds is 5. The van der Waals surface area contributed by atoms with Crippen LogP contribution in [0.2, 0.25) is 0 Å². The monoisotopic (exact) mass is 241 g/mol. The Hall–Kier alpha value is -0.970. The van der Waals surface area contributed by atoms with Crippen LogP contribution >= 0.6 is 11.8 Å². The SMILES string of the molecule is Cc1nc(SCC2(CC(=O)O)CC2)oc1C. The van der Waals surface area contributed by atoms with Crippen molar-refractivity contribution in [3.05, 3.63) is 11.5 Å². The first-order chi connectivity index (χ1) is 7.51. The fraction of sp³-hybridized carbons (Fsp3) is 0.636. The van der Waals surface area contributed by atoms with E-state index >= 15 is 0 Å². The molecule has 0 amide bonds. The van der Waals surface area contributed by atoms with Crippen LogP contribution in [-0.2, 0) is 4.79 Å². The Bertz CT molecular complexity index is 390. The molecule has 0 atom stereocenters. The molecular formula is C11H15NO3S. The third-order valence-corrected chi connectivity index (χ3v) is 4.17. The smallest absolute Gasteiger partial charge is 0.303 e. The van der Waals surface area contributed by atoms with Crippen molar-refractivity contribution in [2.24, 2.45) is 5.41 Å². The number of aliphatic carboxylic acids is 1. The summed E-state index contributed by atoms with van der Waals surface area (Å²) in [6, 6.07) is 0. The Morgan fingerprint density at radius 1 is 1.56 bits per heavy atom. The maximum absolute atomic E-state index is 10.7. The second-order valence-corrected chi connectivity index (χ2v) is 5.41. The lowest BCUT2D eigenvalue weighted by Gasteiger charge is -2.09. The van der Waals surface area contributed by atoms with Gasteiger partial charge in [0.25, 0.3) is 5.22 Å². The van der Waals surface area contributed by atoms with Crippen molar-refractivity contribution in [2.45, 2.75) is 38.3 Å². The zero-order valence-corrected chi connectivity index (χ0v) is 10.3. The number of nitrogens with zero attached hydrogens (tertiary/aromatic N) is 1. The third kappa shape index (κ3) is 2.58. The maximum atomic E-state index is 10.7. The first kappa shape index (κ1) is 11.5. The van der Waals surface area contributed by atoms with E-state index in [2.05, 4.69) is 4.98 Å². The molecule has 0 bridgehead atoms. The van der Waals surface area contributed by atoms with Gasteiger partial charge in [0.05, 0.1) is 12.1 Å². The molecule has 0 saturated heterocycles. The summed E-state index contributed by atoms with van der Waals surface area (Å²) in [4.78, 5) is 14.9. The molecule has 16 heavy (non-hydrogen) atoms. The van der Waals surface area contributed by atoms with Gasteiger partial charge >= 0.3 is 5.97 Å². The van der Waals surface area contributed by atoms with Crippen molar-refractivity contribution in [3.63, 3.8) is 0 Å². The van der Waals surface area contributed by atoms with Gasteiger partial charge in [-0.15, -0.1) is 0 Å². The highest BCUT2D eigenvalue weighted by atomic mass is 32.2. The van der Waals surface area contributed by atoms with Crippen molar-refractivity contribution < 1.29 is 14.3 Å². The summed E-state index contributed by atoms with van der Waals surface area (Å²) in [7, 11) is 0. The highest BCUT2D eigenvalue weighted by Crippen LogP contribution is 2.51. The minimum Gasteiger partial charge on any atom is -0.481 e. The molecule has 5 heteroatoms. The van der Waals surface area contributed by atoms with Crippen LogP contribution in [0.1, 0.15) is 30.7 Å². The van der Waals surface area contributed by atoms with Gasteiger partial charge in [0.2, 0.25) is 0 Å². The van der Waals surface area contributed by atoms with Crippen LogP contribution in [0.15, 0.2) is 9.64 Å². The van der Waals surface area contributed by atoms with Crippen LogP contribution in [0.5, 0.6) is 0 Å². The highest BCUT2D eigenvalue weighted by Gasteiger charge is 2.44. The number of aromatic nitrogens is 1. The van der Waals surface area contributed by atoms with Crippen molar-refractivity contribution in [1.29, 1.82) is 0 Å². The molecule has 88 valence electrons. The average molecular weight is 241 g/mol. The molecule has 1 aromatic heterocycles. The number of carbonyl (C=O) groups is 1. The van der Waals surface area contributed by atoms with Crippen LogP contribution in [-0.4, -0.2) is 21.8 Å². The summed E-state index contributed by atoms with van der Waals surface area (Å²) >= 11 is 1.53. The summed E-state index contributed by atoms with van der Waals surface area (Å²) < 4.78 is 5.45. The average Bonchev–Trinajstić information content (AvgIpc) is 2.86. The lowest BCUT2D eigenvalue weighted by molar-refractivity contribution is -0.138. The summed E-state index contributed by atoms with van der Waals surface area (Å²) in [6.45, 7) is 3.80. The van der Waals surface area contributed by atoms with Crippen molar-refractivity contribution in [1.82, 2.24) is 4.98 Å². The van der Waals surface area contributed by atoms with Crippen molar-refractivity contribution >= 4 is 17.7 Å². The van der Waals surface area contributed by atoms with Gasteiger partial charge in [-0.2, -0.15) is 0 Å². The topological polar surface area (TPSA) is 63.3 Å². The van der Waals surface area contributed by atoms with Crippen LogP contribution in [0.3, 0.4) is 0 Å². The number of oxazole rings is 1. The number of carboxylic acid groups (broad SMARTS) is 1. The maximum Gasteiger partial charge on any atom is 0.303 e. The first-order valence-electron chi connectivity index (χ1n) is 5.29. The Morgan fingerprint density at radius 2 is 2.25 bits per heavy atom. The molecule has 1 aliphatic carbocycles. The van der Waals surface area contributed by atoms with Crippen molar-refractivity contribution in [2.75, 3.05) is 5.75 Å². The summed E-state index contributed by atoms with van der Waals surface area (Å²) in [5.41, 5.74) is 0.901. The molecule has 4 nitrogen and oxygen atoms in total. The van der Waals surface area contributed by atoms with Crippen LogP contribution in [0.4, 0.5) is 0 Å². The van der Waals surface area contributed by atoms with Gasteiger partial charge in [0.15, 0.2) is 0 Å². The fourth-order valence-corrected chi connectivity index (χ4v) is 2.80. The number of hydrogen-bond acceptors (Lipinski definition) is 4. The molecule has 0 unspecified atom stereocenters. The summed E-state index contributed by atoms with van der Waals surface area (Å²) in [5, 5.41) is 9.45. The second kappa shape index (κ2) is 4.13. The molecule has 0 radical (unpaired) electrons. The predicted molar refractivity (Wildman–Crippen MR) is 60.6 cm³/mol. The van der Waals surface area contributed by atoms with E-state index in [1.54, 1.807) is 0 Å². The van der Waals surface area contributed by atoms with E-state index in [0.29, 0.717) is 5.22 Å². The van der Waals surface area contributed by atoms with Gasteiger partial charge in [-0.05, 0) is 32.1 Å². The molecular weight excluding hydrogens is 226 g/mol. The van der Waals surface area contributed by atoms with Crippen molar-refractivity contribution in [3.8, 4) is 0 Å². The van der Waals surface area contributed by atoms with E-state index in [9.17, 15) is 4.79 Å². The molecule has 1 aromatic rings. The van der Waals surface area contributed by atoms with Crippen LogP contribution < -0.4 is 0 Å². The number of aryl methyl sites for hydroxylation is 2. The van der Waals surface area contributed by atoms with E-state index in [0.717, 1.165) is 30.0 Å². The number of hydrogen-bond donors (Lipinski definition) is 1. The molecule has 1 aliphatic rings. The quantitative estimate of drug-likeness (QED) is 0.803. The molecule has 0 spiro atoms. The second-order valence-electron chi connectivity index (χ2n) is 4.48. The van der Waals surface area contributed by atoms with Crippen LogP contribution in [0, 0.1) is 19.3 Å². The molecule has 2 rings (SSSR count). The predicted octanol–water partition coefficient (Wildman–Crippen LogP) is 2.64. The van der Waals surface area contributed by atoms with Crippen LogP contribution in [0.25, 0.3) is 0 Å². The molecule has 1 saturated carbocycles. The van der Waals surface area contributed by atoms with Gasteiger partial charge < -0.3 is 9.52 Å². The zero-order chi connectivity index (χ0) is 11.8. The lowest BCUT2D eigenvalue weighted by atomic mass is 10.1. The Morgan fingerprint density at radius 3 is 2.69 bits per heavy atom. The van der Waals surface area contributed by atoms with Gasteiger partial charge in [-0.3, -0.25) is 4.79 Å². The van der Waals surface area contributed by atoms with Gasteiger partial charge in [-0.1, -0.05) is 11.8 Å². The fourth-order valence-electron chi connectivity index (χ4n) is 1.59. The van der Waals surface area contributed by atoms with E-state index in [4.69, 9.17) is 9.52 Å². The van der Waals surface area contributed by atoms with Gasteiger partial charge in [-0.25, -0.2) is 4.98 Å². The Labute approximate surface area is 98.4 Å².